The highest BCUT2D eigenvalue weighted by molar-refractivity contribution is 6.37. The lowest BCUT2D eigenvalue weighted by Crippen LogP contribution is -2.20. The lowest BCUT2D eigenvalue weighted by atomic mass is 10.2. The van der Waals surface area contributed by atoms with E-state index in [2.05, 4.69) is 15.8 Å². The Morgan fingerprint density at radius 3 is 2.45 bits per heavy atom. The van der Waals surface area contributed by atoms with Crippen molar-refractivity contribution >= 4 is 46.9 Å². The number of hydrogen-bond donors (Lipinski definition) is 2. The van der Waals surface area contributed by atoms with Gasteiger partial charge in [-0.2, -0.15) is 5.10 Å². The van der Waals surface area contributed by atoms with Gasteiger partial charge >= 0.3 is 0 Å². The number of carbonyl (C=O) groups is 2. The molecule has 33 heavy (non-hydrogen) atoms. The average Bonchev–Trinajstić information content (AvgIpc) is 2.80. The second-order valence-electron chi connectivity index (χ2n) is 6.90. The van der Waals surface area contributed by atoms with Crippen molar-refractivity contribution in [1.29, 1.82) is 0 Å². The number of amides is 2. The third kappa shape index (κ3) is 6.71. The molecule has 9 heteroatoms. The van der Waals surface area contributed by atoms with E-state index in [4.69, 9.17) is 32.7 Å². The summed E-state index contributed by atoms with van der Waals surface area (Å²) in [6.45, 7) is 1.63. The largest absolute Gasteiger partial charge is 0.497 e. The van der Waals surface area contributed by atoms with Crippen molar-refractivity contribution in [3.8, 4) is 11.5 Å². The topological polar surface area (TPSA) is 89.0 Å². The van der Waals surface area contributed by atoms with E-state index in [9.17, 15) is 9.59 Å². The van der Waals surface area contributed by atoms with Crippen LogP contribution in [-0.4, -0.2) is 31.7 Å². The summed E-state index contributed by atoms with van der Waals surface area (Å²) in [4.78, 5) is 24.4. The Kier molecular flexibility index (Phi) is 8.29. The predicted molar refractivity (Wildman–Crippen MR) is 130 cm³/mol. The first kappa shape index (κ1) is 24.1. The zero-order chi connectivity index (χ0) is 23.8. The van der Waals surface area contributed by atoms with Gasteiger partial charge in [-0.3, -0.25) is 9.59 Å². The second kappa shape index (κ2) is 11.4. The fourth-order valence-corrected chi connectivity index (χ4v) is 3.44. The first-order valence-electron chi connectivity index (χ1n) is 9.82. The van der Waals surface area contributed by atoms with Gasteiger partial charge in [0, 0.05) is 11.3 Å². The zero-order valence-corrected chi connectivity index (χ0v) is 19.4. The van der Waals surface area contributed by atoms with E-state index in [1.54, 1.807) is 42.5 Å². The van der Waals surface area contributed by atoms with Gasteiger partial charge in [-0.15, -0.1) is 0 Å². The van der Waals surface area contributed by atoms with Crippen LogP contribution in [0.15, 0.2) is 65.8 Å². The minimum absolute atomic E-state index is 0.177. The van der Waals surface area contributed by atoms with E-state index in [0.717, 1.165) is 5.56 Å². The van der Waals surface area contributed by atoms with Crippen LogP contribution in [0.2, 0.25) is 10.0 Å². The molecule has 7 nitrogen and oxygen atoms in total. The zero-order valence-electron chi connectivity index (χ0n) is 17.9. The number of benzene rings is 3. The molecule has 2 N–H and O–H groups in total. The van der Waals surface area contributed by atoms with Crippen LogP contribution in [0.4, 0.5) is 5.69 Å². The Bertz CT molecular complexity index is 1170. The first-order chi connectivity index (χ1) is 15.9. The number of nitrogens with one attached hydrogen (secondary N) is 2. The summed E-state index contributed by atoms with van der Waals surface area (Å²) in [7, 11) is 1.52. The quantitative estimate of drug-likeness (QED) is 0.343. The van der Waals surface area contributed by atoms with Gasteiger partial charge in [0.1, 0.15) is 5.75 Å². The Morgan fingerprint density at radius 1 is 1.03 bits per heavy atom. The molecule has 0 aliphatic rings. The molecule has 3 aromatic carbocycles. The molecule has 170 valence electrons. The molecule has 3 rings (SSSR count). The van der Waals surface area contributed by atoms with E-state index >= 15 is 0 Å². The van der Waals surface area contributed by atoms with Crippen molar-refractivity contribution in [1.82, 2.24) is 5.43 Å². The molecule has 0 saturated carbocycles. The van der Waals surface area contributed by atoms with Crippen LogP contribution in [0.25, 0.3) is 0 Å². The highest BCUT2D eigenvalue weighted by atomic mass is 35.5. The predicted octanol–water partition coefficient (Wildman–Crippen LogP) is 5.09. The third-order valence-electron chi connectivity index (χ3n) is 4.50. The highest BCUT2D eigenvalue weighted by Crippen LogP contribution is 2.34. The lowest BCUT2D eigenvalue weighted by Gasteiger charge is -2.12. The number of aryl methyl sites for hydroxylation is 1. The summed E-state index contributed by atoms with van der Waals surface area (Å²) in [5.41, 5.74) is 4.99. The number of nitrogens with zero attached hydrogens (tertiary/aromatic N) is 1. The monoisotopic (exact) mass is 485 g/mol. The Labute approximate surface area is 201 Å². The third-order valence-corrected chi connectivity index (χ3v) is 5.06. The van der Waals surface area contributed by atoms with Crippen LogP contribution in [-0.2, 0) is 4.79 Å². The molecule has 0 spiro atoms. The summed E-state index contributed by atoms with van der Waals surface area (Å²) in [5.74, 6) is -0.00603. The fourth-order valence-electron chi connectivity index (χ4n) is 2.82. The SMILES string of the molecule is COc1cccc(C(=O)N/N=C/c2cc(Cl)c(OCC(=O)Nc3ccccc3C)c(Cl)c2)c1. The lowest BCUT2D eigenvalue weighted by molar-refractivity contribution is -0.118. The second-order valence-corrected chi connectivity index (χ2v) is 7.71. The van der Waals surface area contributed by atoms with Crippen LogP contribution in [0.3, 0.4) is 0 Å². The Hall–Kier alpha value is -3.55. The molecular weight excluding hydrogens is 465 g/mol. The molecule has 2 amide bonds. The van der Waals surface area contributed by atoms with E-state index in [1.165, 1.54) is 13.3 Å². The van der Waals surface area contributed by atoms with Crippen molar-refractivity contribution in [2.24, 2.45) is 5.10 Å². The first-order valence-corrected chi connectivity index (χ1v) is 10.6. The maximum atomic E-state index is 12.2. The maximum Gasteiger partial charge on any atom is 0.271 e. The summed E-state index contributed by atoms with van der Waals surface area (Å²) >= 11 is 12.5. The molecule has 0 bridgehead atoms. The number of ether oxygens (including phenoxy) is 2. The van der Waals surface area contributed by atoms with Crippen LogP contribution >= 0.6 is 23.2 Å². The standard InChI is InChI=1S/C24H21Cl2N3O4/c1-15-6-3-4-9-21(15)28-22(30)14-33-23-19(25)10-16(11-20(23)26)13-27-29-24(31)17-7-5-8-18(12-17)32-2/h3-13H,14H2,1-2H3,(H,28,30)(H,29,31)/b27-13+. The molecular formula is C24H21Cl2N3O4. The summed E-state index contributed by atoms with van der Waals surface area (Å²) in [6, 6.07) is 17.2. The van der Waals surface area contributed by atoms with E-state index in [0.29, 0.717) is 22.6 Å². The number of para-hydroxylation sites is 1. The van der Waals surface area contributed by atoms with Gasteiger partial charge in [0.15, 0.2) is 12.4 Å². The molecule has 0 heterocycles. The van der Waals surface area contributed by atoms with Gasteiger partial charge < -0.3 is 14.8 Å². The van der Waals surface area contributed by atoms with Crippen molar-refractivity contribution in [2.75, 3.05) is 19.0 Å². The summed E-state index contributed by atoms with van der Waals surface area (Å²) in [5, 5.41) is 7.10. The summed E-state index contributed by atoms with van der Waals surface area (Å²) in [6.07, 6.45) is 1.39. The van der Waals surface area contributed by atoms with Crippen LogP contribution in [0.1, 0.15) is 21.5 Å². The smallest absolute Gasteiger partial charge is 0.271 e. The minimum atomic E-state index is -0.401. The van der Waals surface area contributed by atoms with Gasteiger partial charge in [0.25, 0.3) is 11.8 Å². The van der Waals surface area contributed by atoms with Crippen molar-refractivity contribution in [3.63, 3.8) is 0 Å². The molecule has 0 fully saturated rings. The molecule has 0 aromatic heterocycles. The van der Waals surface area contributed by atoms with Gasteiger partial charge in [-0.05, 0) is 54.4 Å². The normalized spacial score (nSPS) is 10.7. The minimum Gasteiger partial charge on any atom is -0.497 e. The number of halogens is 2. The van der Waals surface area contributed by atoms with Gasteiger partial charge in [0.2, 0.25) is 0 Å². The van der Waals surface area contributed by atoms with E-state index in [-0.39, 0.29) is 28.3 Å². The Balaban J connectivity index is 1.59. The van der Waals surface area contributed by atoms with E-state index < -0.39 is 5.91 Å². The molecule has 3 aromatic rings. The van der Waals surface area contributed by atoms with Crippen molar-refractivity contribution < 1.29 is 19.1 Å². The molecule has 0 aliphatic heterocycles. The fraction of sp³-hybridized carbons (Fsp3) is 0.125. The maximum absolute atomic E-state index is 12.2. The molecule has 0 unspecified atom stereocenters. The number of methoxy groups -OCH3 is 1. The number of hydrogen-bond acceptors (Lipinski definition) is 5. The summed E-state index contributed by atoms with van der Waals surface area (Å²) < 4.78 is 10.6. The van der Waals surface area contributed by atoms with E-state index in [1.807, 2.05) is 25.1 Å². The number of hydrazone groups is 1. The van der Waals surface area contributed by atoms with Crippen LogP contribution in [0.5, 0.6) is 11.5 Å². The van der Waals surface area contributed by atoms with Crippen LogP contribution in [0, 0.1) is 6.92 Å². The van der Waals surface area contributed by atoms with Gasteiger partial charge in [0.05, 0.1) is 23.4 Å². The Morgan fingerprint density at radius 2 is 1.76 bits per heavy atom. The molecule has 0 atom stereocenters. The number of carbonyl (C=O) groups excluding carboxylic acids is 2. The number of anilines is 1. The van der Waals surface area contributed by atoms with Crippen LogP contribution < -0.4 is 20.2 Å². The number of rotatable bonds is 8. The van der Waals surface area contributed by atoms with Crippen molar-refractivity contribution in [2.45, 2.75) is 6.92 Å². The highest BCUT2D eigenvalue weighted by Gasteiger charge is 2.12. The molecule has 0 saturated heterocycles. The van der Waals surface area contributed by atoms with Crippen molar-refractivity contribution in [3.05, 3.63) is 87.4 Å². The van der Waals surface area contributed by atoms with Gasteiger partial charge in [-0.1, -0.05) is 47.5 Å². The molecule has 0 aliphatic carbocycles. The average molecular weight is 486 g/mol. The van der Waals surface area contributed by atoms with Gasteiger partial charge in [-0.25, -0.2) is 5.43 Å². The molecule has 0 radical (unpaired) electrons.